The van der Waals surface area contributed by atoms with Crippen molar-refractivity contribution >= 4 is 6.29 Å². The second-order valence-corrected chi connectivity index (χ2v) is 5.27. The lowest BCUT2D eigenvalue weighted by Crippen LogP contribution is -2.18. The quantitative estimate of drug-likeness (QED) is 0.665. The average molecular weight is 184 g/mol. The molecule has 0 amide bonds. The van der Waals surface area contributed by atoms with Crippen molar-refractivity contribution in [2.75, 3.05) is 0 Å². The van der Waals surface area contributed by atoms with Crippen molar-refractivity contribution < 1.29 is 9.90 Å². The monoisotopic (exact) mass is 184 g/mol. The maximum Gasteiger partial charge on any atom is 0.123 e. The van der Waals surface area contributed by atoms with E-state index < -0.39 is 5.60 Å². The molecule has 0 aromatic rings. The van der Waals surface area contributed by atoms with E-state index in [1.807, 2.05) is 13.8 Å². The van der Waals surface area contributed by atoms with Crippen molar-refractivity contribution in [2.24, 2.45) is 11.3 Å². The van der Waals surface area contributed by atoms with Gasteiger partial charge in [0.2, 0.25) is 0 Å². The summed E-state index contributed by atoms with van der Waals surface area (Å²) in [6, 6.07) is 0. The second kappa shape index (κ2) is 3.41. The van der Waals surface area contributed by atoms with Crippen LogP contribution in [-0.2, 0) is 4.79 Å². The molecule has 2 unspecified atom stereocenters. The molecule has 0 heterocycles. The molecule has 0 aromatic carbocycles. The second-order valence-electron chi connectivity index (χ2n) is 5.27. The molecule has 0 aliphatic heterocycles. The average Bonchev–Trinajstić information content (AvgIpc) is 2.59. The van der Waals surface area contributed by atoms with Crippen molar-refractivity contribution in [2.45, 2.75) is 52.1 Å². The van der Waals surface area contributed by atoms with E-state index in [0.717, 1.165) is 32.0 Å². The standard InChI is InChI=1S/C11H20O2/c1-10(2,13)5-4-6-11(3)7-9(11)8-12/h8-9,13H,4-7H2,1-3H3. The van der Waals surface area contributed by atoms with Gasteiger partial charge in [0, 0.05) is 5.92 Å². The van der Waals surface area contributed by atoms with Crippen LogP contribution < -0.4 is 0 Å². The van der Waals surface area contributed by atoms with Gasteiger partial charge in [0.1, 0.15) is 6.29 Å². The molecule has 1 saturated carbocycles. The highest BCUT2D eigenvalue weighted by molar-refractivity contribution is 5.59. The zero-order chi connectivity index (χ0) is 10.1. The van der Waals surface area contributed by atoms with E-state index in [0.29, 0.717) is 0 Å². The van der Waals surface area contributed by atoms with E-state index in [4.69, 9.17) is 0 Å². The fourth-order valence-corrected chi connectivity index (χ4v) is 1.87. The normalized spacial score (nSPS) is 33.1. The van der Waals surface area contributed by atoms with Gasteiger partial charge >= 0.3 is 0 Å². The first-order valence-electron chi connectivity index (χ1n) is 5.05. The van der Waals surface area contributed by atoms with Crippen LogP contribution in [0.3, 0.4) is 0 Å². The number of aldehydes is 1. The van der Waals surface area contributed by atoms with Gasteiger partial charge in [-0.2, -0.15) is 0 Å². The Labute approximate surface area is 80.3 Å². The Kier molecular flexibility index (Phi) is 2.81. The van der Waals surface area contributed by atoms with E-state index in [2.05, 4.69) is 6.92 Å². The van der Waals surface area contributed by atoms with Gasteiger partial charge in [-0.05, 0) is 38.5 Å². The van der Waals surface area contributed by atoms with Crippen LogP contribution in [0, 0.1) is 11.3 Å². The molecule has 0 aromatic heterocycles. The van der Waals surface area contributed by atoms with Gasteiger partial charge in [0.15, 0.2) is 0 Å². The molecule has 1 fully saturated rings. The van der Waals surface area contributed by atoms with Gasteiger partial charge in [-0.1, -0.05) is 13.3 Å². The van der Waals surface area contributed by atoms with Gasteiger partial charge in [-0.3, -0.25) is 0 Å². The van der Waals surface area contributed by atoms with Crippen LogP contribution in [-0.4, -0.2) is 17.0 Å². The summed E-state index contributed by atoms with van der Waals surface area (Å²) in [5.74, 6) is 0.286. The van der Waals surface area contributed by atoms with Crippen LogP contribution in [0.5, 0.6) is 0 Å². The first-order valence-corrected chi connectivity index (χ1v) is 5.05. The molecule has 0 spiro atoms. The summed E-state index contributed by atoms with van der Waals surface area (Å²) < 4.78 is 0. The topological polar surface area (TPSA) is 37.3 Å². The lowest BCUT2D eigenvalue weighted by atomic mass is 9.94. The first-order chi connectivity index (χ1) is 5.87. The van der Waals surface area contributed by atoms with Gasteiger partial charge in [-0.25, -0.2) is 0 Å². The Bertz CT molecular complexity index is 193. The van der Waals surface area contributed by atoms with E-state index in [1.165, 1.54) is 0 Å². The Morgan fingerprint density at radius 2 is 2.23 bits per heavy atom. The SMILES string of the molecule is CC(C)(O)CCCC1(C)CC1C=O. The van der Waals surface area contributed by atoms with Gasteiger partial charge in [0.25, 0.3) is 0 Å². The highest BCUT2D eigenvalue weighted by atomic mass is 16.3. The smallest absolute Gasteiger partial charge is 0.123 e. The lowest BCUT2D eigenvalue weighted by molar-refractivity contribution is -0.109. The fourth-order valence-electron chi connectivity index (χ4n) is 1.87. The van der Waals surface area contributed by atoms with Crippen LogP contribution in [0.2, 0.25) is 0 Å². The Morgan fingerprint density at radius 3 is 2.62 bits per heavy atom. The Hall–Kier alpha value is -0.370. The molecular formula is C11H20O2. The van der Waals surface area contributed by atoms with Crippen LogP contribution in [0.25, 0.3) is 0 Å². The zero-order valence-electron chi connectivity index (χ0n) is 8.84. The third-order valence-electron chi connectivity index (χ3n) is 3.12. The summed E-state index contributed by atoms with van der Waals surface area (Å²) in [5, 5.41) is 9.49. The van der Waals surface area contributed by atoms with Crippen molar-refractivity contribution in [3.8, 4) is 0 Å². The number of aliphatic hydroxyl groups is 1. The van der Waals surface area contributed by atoms with E-state index in [-0.39, 0.29) is 11.3 Å². The van der Waals surface area contributed by atoms with Crippen molar-refractivity contribution in [1.82, 2.24) is 0 Å². The minimum atomic E-state index is -0.554. The summed E-state index contributed by atoms with van der Waals surface area (Å²) in [7, 11) is 0. The number of hydrogen-bond acceptors (Lipinski definition) is 2. The third kappa shape index (κ3) is 3.11. The van der Waals surface area contributed by atoms with Gasteiger partial charge in [0.05, 0.1) is 5.60 Å². The zero-order valence-corrected chi connectivity index (χ0v) is 8.84. The molecule has 0 saturated heterocycles. The highest BCUT2D eigenvalue weighted by Crippen LogP contribution is 2.54. The summed E-state index contributed by atoms with van der Waals surface area (Å²) in [6.45, 7) is 5.83. The fraction of sp³-hybridized carbons (Fsp3) is 0.909. The number of hydrogen-bond donors (Lipinski definition) is 1. The van der Waals surface area contributed by atoms with E-state index >= 15 is 0 Å². The summed E-state index contributed by atoms with van der Waals surface area (Å²) in [5.41, 5.74) is -0.297. The third-order valence-corrected chi connectivity index (χ3v) is 3.12. The Morgan fingerprint density at radius 1 is 1.62 bits per heavy atom. The van der Waals surface area contributed by atoms with Crippen molar-refractivity contribution in [3.05, 3.63) is 0 Å². The molecule has 2 nitrogen and oxygen atoms in total. The summed E-state index contributed by atoms with van der Waals surface area (Å²) in [4.78, 5) is 10.5. The molecule has 1 aliphatic carbocycles. The molecule has 0 bridgehead atoms. The van der Waals surface area contributed by atoms with E-state index in [9.17, 15) is 9.90 Å². The largest absolute Gasteiger partial charge is 0.390 e. The molecule has 13 heavy (non-hydrogen) atoms. The van der Waals surface area contributed by atoms with Crippen LogP contribution in [0.15, 0.2) is 0 Å². The van der Waals surface area contributed by atoms with Crippen molar-refractivity contribution in [1.29, 1.82) is 0 Å². The van der Waals surface area contributed by atoms with E-state index in [1.54, 1.807) is 0 Å². The minimum absolute atomic E-state index is 0.257. The first kappa shape index (κ1) is 10.7. The predicted octanol–water partition coefficient (Wildman–Crippen LogP) is 2.15. The Balaban J connectivity index is 2.18. The van der Waals surface area contributed by atoms with Crippen LogP contribution >= 0.6 is 0 Å². The van der Waals surface area contributed by atoms with Gasteiger partial charge < -0.3 is 9.90 Å². The molecule has 2 heteroatoms. The number of carbonyl (C=O) groups is 1. The number of rotatable bonds is 5. The van der Waals surface area contributed by atoms with Crippen molar-refractivity contribution in [3.63, 3.8) is 0 Å². The maximum atomic E-state index is 10.5. The van der Waals surface area contributed by atoms with Crippen LogP contribution in [0.1, 0.15) is 46.5 Å². The molecule has 1 N–H and O–H groups in total. The van der Waals surface area contributed by atoms with Gasteiger partial charge in [-0.15, -0.1) is 0 Å². The molecule has 2 atom stereocenters. The summed E-state index contributed by atoms with van der Waals surface area (Å²) >= 11 is 0. The molecule has 1 rings (SSSR count). The number of carbonyl (C=O) groups excluding carboxylic acids is 1. The molecule has 1 aliphatic rings. The maximum absolute atomic E-state index is 10.5. The minimum Gasteiger partial charge on any atom is -0.390 e. The predicted molar refractivity (Wildman–Crippen MR) is 52.4 cm³/mol. The lowest BCUT2D eigenvalue weighted by Gasteiger charge is -2.18. The molecular weight excluding hydrogens is 164 g/mol. The molecule has 76 valence electrons. The summed E-state index contributed by atoms with van der Waals surface area (Å²) in [6.07, 6.45) is 5.03. The molecule has 0 radical (unpaired) electrons. The van der Waals surface area contributed by atoms with Crippen LogP contribution in [0.4, 0.5) is 0 Å². The highest BCUT2D eigenvalue weighted by Gasteiger charge is 2.48.